The van der Waals surface area contributed by atoms with Crippen LogP contribution in [0.3, 0.4) is 0 Å². The molecule has 2 amide bonds. The molecule has 1 aromatic carbocycles. The summed E-state index contributed by atoms with van der Waals surface area (Å²) in [6.07, 6.45) is 6.23. The van der Waals surface area contributed by atoms with Crippen LogP contribution < -0.4 is 11.1 Å². The standard InChI is InChI=1S/C18H25N3O2.ClH/c19-18(9-2-3-10-18)17(23)20-15-7-5-6-14(12-15)13-21-11-4-1-8-16(21)22;/h5-7,12H,1-4,8-11,13,19H2,(H,20,23);1H. The number of benzene rings is 1. The molecule has 2 aliphatic rings. The molecule has 1 aliphatic carbocycles. The smallest absolute Gasteiger partial charge is 0.244 e. The van der Waals surface area contributed by atoms with Crippen molar-refractivity contribution in [3.8, 4) is 0 Å². The van der Waals surface area contributed by atoms with E-state index in [4.69, 9.17) is 5.73 Å². The first-order valence-corrected chi connectivity index (χ1v) is 8.54. The zero-order chi connectivity index (χ0) is 16.3. The molecule has 5 nitrogen and oxygen atoms in total. The summed E-state index contributed by atoms with van der Waals surface area (Å²) in [6, 6.07) is 7.72. The van der Waals surface area contributed by atoms with Crippen molar-refractivity contribution < 1.29 is 9.59 Å². The lowest BCUT2D eigenvalue weighted by molar-refractivity contribution is -0.133. The Balaban J connectivity index is 0.00000208. The largest absolute Gasteiger partial charge is 0.338 e. The number of rotatable bonds is 4. The van der Waals surface area contributed by atoms with Crippen LogP contribution in [-0.2, 0) is 16.1 Å². The summed E-state index contributed by atoms with van der Waals surface area (Å²) in [7, 11) is 0. The van der Waals surface area contributed by atoms with Gasteiger partial charge in [0.15, 0.2) is 0 Å². The molecule has 6 heteroatoms. The second-order valence-electron chi connectivity index (χ2n) is 6.79. The first kappa shape index (κ1) is 18.7. The minimum Gasteiger partial charge on any atom is -0.338 e. The zero-order valence-corrected chi connectivity index (χ0v) is 14.7. The Labute approximate surface area is 149 Å². The van der Waals surface area contributed by atoms with Gasteiger partial charge in [0, 0.05) is 25.2 Å². The lowest BCUT2D eigenvalue weighted by Gasteiger charge is -2.27. The van der Waals surface area contributed by atoms with E-state index in [0.717, 1.165) is 56.3 Å². The molecule has 0 aromatic heterocycles. The number of amides is 2. The number of piperidine rings is 1. The van der Waals surface area contributed by atoms with Gasteiger partial charge in [-0.15, -0.1) is 12.4 Å². The molecule has 2 fully saturated rings. The number of hydrogen-bond donors (Lipinski definition) is 2. The van der Waals surface area contributed by atoms with Gasteiger partial charge in [0.05, 0.1) is 5.54 Å². The normalized spacial score (nSPS) is 19.7. The third-order valence-corrected chi connectivity index (χ3v) is 4.93. The topological polar surface area (TPSA) is 75.4 Å². The van der Waals surface area contributed by atoms with E-state index in [1.54, 1.807) is 0 Å². The number of hydrogen-bond acceptors (Lipinski definition) is 3. The fourth-order valence-electron chi connectivity index (χ4n) is 3.49. The maximum Gasteiger partial charge on any atom is 0.244 e. The molecule has 24 heavy (non-hydrogen) atoms. The molecule has 0 bridgehead atoms. The van der Waals surface area contributed by atoms with Crippen molar-refractivity contribution in [2.75, 3.05) is 11.9 Å². The summed E-state index contributed by atoms with van der Waals surface area (Å²) in [5, 5.41) is 2.95. The van der Waals surface area contributed by atoms with Crippen molar-refractivity contribution in [3.05, 3.63) is 29.8 Å². The van der Waals surface area contributed by atoms with Gasteiger partial charge >= 0.3 is 0 Å². The van der Waals surface area contributed by atoms with Crippen LogP contribution in [0.4, 0.5) is 5.69 Å². The molecular weight excluding hydrogens is 326 g/mol. The maximum absolute atomic E-state index is 12.4. The summed E-state index contributed by atoms with van der Waals surface area (Å²) in [5.41, 5.74) is 7.26. The van der Waals surface area contributed by atoms with E-state index in [0.29, 0.717) is 13.0 Å². The SMILES string of the molecule is Cl.NC1(C(=O)Nc2cccc(CN3CCCCC3=O)c2)CCCC1. The third kappa shape index (κ3) is 4.28. The first-order chi connectivity index (χ1) is 11.1. The van der Waals surface area contributed by atoms with E-state index in [-0.39, 0.29) is 24.2 Å². The van der Waals surface area contributed by atoms with Crippen molar-refractivity contribution >= 4 is 29.9 Å². The Kier molecular flexibility index (Phi) is 6.24. The second-order valence-corrected chi connectivity index (χ2v) is 6.79. The monoisotopic (exact) mass is 351 g/mol. The van der Waals surface area contributed by atoms with Gasteiger partial charge in [-0.2, -0.15) is 0 Å². The van der Waals surface area contributed by atoms with E-state index in [9.17, 15) is 9.59 Å². The lowest BCUT2D eigenvalue weighted by atomic mass is 9.98. The number of nitrogens with two attached hydrogens (primary N) is 1. The molecule has 1 saturated carbocycles. The number of nitrogens with zero attached hydrogens (tertiary/aromatic N) is 1. The Hall–Kier alpha value is -1.59. The van der Waals surface area contributed by atoms with Crippen molar-refractivity contribution in [1.82, 2.24) is 4.90 Å². The number of carbonyl (C=O) groups is 2. The molecule has 0 radical (unpaired) electrons. The number of anilines is 1. The highest BCUT2D eigenvalue weighted by Crippen LogP contribution is 2.28. The van der Waals surface area contributed by atoms with Crippen LogP contribution in [0, 0.1) is 0 Å². The highest BCUT2D eigenvalue weighted by atomic mass is 35.5. The number of nitrogens with one attached hydrogen (secondary N) is 1. The van der Waals surface area contributed by atoms with Crippen LogP contribution in [0.25, 0.3) is 0 Å². The molecule has 0 unspecified atom stereocenters. The van der Waals surface area contributed by atoms with E-state index >= 15 is 0 Å². The minimum absolute atomic E-state index is 0. The van der Waals surface area contributed by atoms with E-state index in [2.05, 4.69) is 5.32 Å². The predicted octanol–water partition coefficient (Wildman–Crippen LogP) is 2.83. The molecule has 1 heterocycles. The number of carbonyl (C=O) groups excluding carboxylic acids is 2. The van der Waals surface area contributed by atoms with Crippen molar-refractivity contribution in [2.24, 2.45) is 5.73 Å². The van der Waals surface area contributed by atoms with Gasteiger partial charge in [-0.25, -0.2) is 0 Å². The average Bonchev–Trinajstić information content (AvgIpc) is 2.98. The van der Waals surface area contributed by atoms with Gasteiger partial charge in [0.1, 0.15) is 0 Å². The second kappa shape index (κ2) is 7.99. The summed E-state index contributed by atoms with van der Waals surface area (Å²) in [5.74, 6) is 0.124. The Morgan fingerprint density at radius 1 is 1.21 bits per heavy atom. The van der Waals surface area contributed by atoms with Crippen LogP contribution in [0.1, 0.15) is 50.5 Å². The van der Waals surface area contributed by atoms with Gasteiger partial charge < -0.3 is 16.0 Å². The van der Waals surface area contributed by atoms with Crippen LogP contribution in [0.2, 0.25) is 0 Å². The molecule has 3 rings (SSSR count). The summed E-state index contributed by atoms with van der Waals surface area (Å²) in [6.45, 7) is 1.43. The summed E-state index contributed by atoms with van der Waals surface area (Å²) >= 11 is 0. The van der Waals surface area contributed by atoms with Crippen LogP contribution >= 0.6 is 12.4 Å². The van der Waals surface area contributed by atoms with Crippen molar-refractivity contribution in [1.29, 1.82) is 0 Å². The molecular formula is C18H26ClN3O2. The third-order valence-electron chi connectivity index (χ3n) is 4.93. The van der Waals surface area contributed by atoms with Gasteiger partial charge in [-0.05, 0) is 43.4 Å². The lowest BCUT2D eigenvalue weighted by Crippen LogP contribution is -2.48. The van der Waals surface area contributed by atoms with E-state index in [1.165, 1.54) is 0 Å². The average molecular weight is 352 g/mol. The highest BCUT2D eigenvalue weighted by molar-refractivity contribution is 5.98. The molecule has 1 aliphatic heterocycles. The Morgan fingerprint density at radius 2 is 1.96 bits per heavy atom. The summed E-state index contributed by atoms with van der Waals surface area (Å²) in [4.78, 5) is 26.2. The predicted molar refractivity (Wildman–Crippen MR) is 97.0 cm³/mol. The number of likely N-dealkylation sites (tertiary alicyclic amines) is 1. The molecule has 132 valence electrons. The first-order valence-electron chi connectivity index (χ1n) is 8.54. The van der Waals surface area contributed by atoms with Crippen molar-refractivity contribution in [3.63, 3.8) is 0 Å². The highest BCUT2D eigenvalue weighted by Gasteiger charge is 2.36. The maximum atomic E-state index is 12.4. The quantitative estimate of drug-likeness (QED) is 0.875. The van der Waals surface area contributed by atoms with E-state index in [1.807, 2.05) is 29.2 Å². The van der Waals surface area contributed by atoms with Crippen LogP contribution in [0.5, 0.6) is 0 Å². The van der Waals surface area contributed by atoms with Gasteiger partial charge in [0.2, 0.25) is 11.8 Å². The van der Waals surface area contributed by atoms with Crippen LogP contribution in [0.15, 0.2) is 24.3 Å². The van der Waals surface area contributed by atoms with Crippen LogP contribution in [-0.4, -0.2) is 28.8 Å². The van der Waals surface area contributed by atoms with Gasteiger partial charge in [0.25, 0.3) is 0 Å². The van der Waals surface area contributed by atoms with E-state index < -0.39 is 5.54 Å². The van der Waals surface area contributed by atoms with Gasteiger partial charge in [-0.1, -0.05) is 25.0 Å². The Bertz CT molecular complexity index is 600. The molecule has 1 aromatic rings. The fraction of sp³-hybridized carbons (Fsp3) is 0.556. The minimum atomic E-state index is -0.723. The molecule has 1 saturated heterocycles. The zero-order valence-electron chi connectivity index (χ0n) is 13.9. The Morgan fingerprint density at radius 3 is 2.67 bits per heavy atom. The molecule has 0 atom stereocenters. The van der Waals surface area contributed by atoms with Gasteiger partial charge in [-0.3, -0.25) is 9.59 Å². The number of halogens is 1. The molecule has 3 N–H and O–H groups in total. The summed E-state index contributed by atoms with van der Waals surface area (Å²) < 4.78 is 0. The van der Waals surface area contributed by atoms with Crippen molar-refractivity contribution in [2.45, 2.75) is 57.0 Å². The molecule has 0 spiro atoms. The fourth-order valence-corrected chi connectivity index (χ4v) is 3.49.